The number of nitrogens with zero attached hydrogens (tertiary/aromatic N) is 2. The van der Waals surface area contributed by atoms with Crippen molar-refractivity contribution in [3.8, 4) is 0 Å². The van der Waals surface area contributed by atoms with Crippen LogP contribution < -0.4 is 0 Å². The summed E-state index contributed by atoms with van der Waals surface area (Å²) in [5.74, 6) is -0.607. The Bertz CT molecular complexity index is 367. The van der Waals surface area contributed by atoms with Gasteiger partial charge in [-0.05, 0) is 11.8 Å². The molecule has 1 amide bonds. The summed E-state index contributed by atoms with van der Waals surface area (Å²) in [5.41, 5.74) is -0.0904. The van der Waals surface area contributed by atoms with Gasteiger partial charge in [0.2, 0.25) is 6.10 Å². The van der Waals surface area contributed by atoms with Crippen LogP contribution in [0.2, 0.25) is 0 Å². The fourth-order valence-electron chi connectivity index (χ4n) is 1.98. The normalized spacial score (nSPS) is 18.4. The minimum atomic E-state index is -1.13. The summed E-state index contributed by atoms with van der Waals surface area (Å²) in [5, 5.41) is 12.3. The molecule has 0 fully saturated rings. The first-order valence-corrected chi connectivity index (χ1v) is 6.56. The van der Waals surface area contributed by atoms with E-state index in [1.54, 1.807) is 4.90 Å². The summed E-state index contributed by atoms with van der Waals surface area (Å²) in [6.45, 7) is 9.42. The molecule has 0 aliphatic carbocycles. The molecule has 1 N–H and O–H groups in total. The average molecular weight is 270 g/mol. The summed E-state index contributed by atoms with van der Waals surface area (Å²) in [6.07, 6.45) is -0.746. The lowest BCUT2D eigenvalue weighted by Crippen LogP contribution is -2.43. The Morgan fingerprint density at radius 3 is 2.21 bits per heavy atom. The summed E-state index contributed by atoms with van der Waals surface area (Å²) in [7, 11) is 0. The third-order valence-electron chi connectivity index (χ3n) is 2.67. The lowest BCUT2D eigenvalue weighted by molar-refractivity contribution is -0.143. The molecule has 0 spiro atoms. The molecule has 0 radical (unpaired) electrons. The number of amides is 1. The van der Waals surface area contributed by atoms with Gasteiger partial charge < -0.3 is 14.8 Å². The number of hydrogen-bond donors (Lipinski definition) is 1. The van der Waals surface area contributed by atoms with Crippen molar-refractivity contribution in [1.29, 1.82) is 0 Å². The van der Waals surface area contributed by atoms with Crippen LogP contribution in [0.3, 0.4) is 0 Å². The minimum absolute atomic E-state index is 0.0425. The van der Waals surface area contributed by atoms with Crippen LogP contribution in [-0.4, -0.2) is 46.8 Å². The van der Waals surface area contributed by atoms with E-state index in [2.05, 4.69) is 5.16 Å². The number of oxime groups is 1. The fourth-order valence-corrected chi connectivity index (χ4v) is 1.98. The van der Waals surface area contributed by atoms with Crippen LogP contribution >= 0.6 is 0 Å². The molecular formula is C13H22N2O4. The molecule has 19 heavy (non-hydrogen) atoms. The number of carboxylic acid groups (broad SMARTS) is 1. The molecule has 1 rings (SSSR count). The molecular weight excluding hydrogens is 248 g/mol. The third-order valence-corrected chi connectivity index (χ3v) is 2.67. The van der Waals surface area contributed by atoms with Crippen molar-refractivity contribution in [3.63, 3.8) is 0 Å². The van der Waals surface area contributed by atoms with Gasteiger partial charge in [-0.2, -0.15) is 0 Å². The predicted molar refractivity (Wildman–Crippen MR) is 70.8 cm³/mol. The molecule has 108 valence electrons. The maximum Gasteiger partial charge on any atom is 0.353 e. The van der Waals surface area contributed by atoms with E-state index in [0.717, 1.165) is 0 Å². The summed E-state index contributed by atoms with van der Waals surface area (Å²) >= 11 is 0. The number of carbonyl (C=O) groups excluding carboxylic acids is 1. The van der Waals surface area contributed by atoms with Gasteiger partial charge in [-0.15, -0.1) is 0 Å². The first kappa shape index (κ1) is 15.5. The molecule has 0 aromatic rings. The second-order valence-corrected chi connectivity index (χ2v) is 5.67. The fraction of sp³-hybridized carbons (Fsp3) is 0.769. The van der Waals surface area contributed by atoms with Crippen molar-refractivity contribution in [3.05, 3.63) is 0 Å². The first-order valence-electron chi connectivity index (χ1n) is 6.56. The van der Waals surface area contributed by atoms with Crippen LogP contribution in [-0.2, 0) is 14.4 Å². The Kier molecular flexibility index (Phi) is 5.32. The van der Waals surface area contributed by atoms with E-state index in [0.29, 0.717) is 24.9 Å². The molecule has 6 nitrogen and oxygen atoms in total. The number of carboxylic acids is 1. The van der Waals surface area contributed by atoms with Crippen LogP contribution in [0, 0.1) is 11.8 Å². The van der Waals surface area contributed by atoms with E-state index in [4.69, 9.17) is 9.94 Å². The predicted octanol–water partition coefficient (Wildman–Crippen LogP) is 1.36. The van der Waals surface area contributed by atoms with Gasteiger partial charge in [0, 0.05) is 19.5 Å². The highest BCUT2D eigenvalue weighted by atomic mass is 16.6. The lowest BCUT2D eigenvalue weighted by Gasteiger charge is -2.27. The maximum atomic E-state index is 12.3. The third kappa shape index (κ3) is 4.54. The van der Waals surface area contributed by atoms with Crippen LogP contribution in [0.1, 0.15) is 34.1 Å². The van der Waals surface area contributed by atoms with Gasteiger partial charge >= 0.3 is 5.97 Å². The van der Waals surface area contributed by atoms with E-state index in [-0.39, 0.29) is 18.0 Å². The van der Waals surface area contributed by atoms with Gasteiger partial charge in [0.25, 0.3) is 5.91 Å². The molecule has 0 aromatic heterocycles. The topological polar surface area (TPSA) is 79.2 Å². The van der Waals surface area contributed by atoms with Crippen LogP contribution in [0.15, 0.2) is 5.16 Å². The van der Waals surface area contributed by atoms with E-state index in [1.165, 1.54) is 0 Å². The molecule has 0 saturated carbocycles. The van der Waals surface area contributed by atoms with Crippen molar-refractivity contribution in [1.82, 2.24) is 4.90 Å². The SMILES string of the molecule is CC(C)CN(CC(C)C)C(=O)C1CC(C(=O)O)=NO1. The smallest absolute Gasteiger partial charge is 0.353 e. The number of carbonyl (C=O) groups is 2. The van der Waals surface area contributed by atoms with Crippen molar-refractivity contribution in [2.24, 2.45) is 17.0 Å². The quantitative estimate of drug-likeness (QED) is 0.790. The Labute approximate surface area is 113 Å². The highest BCUT2D eigenvalue weighted by molar-refractivity contribution is 6.36. The Balaban J connectivity index is 2.65. The van der Waals surface area contributed by atoms with Crippen LogP contribution in [0.4, 0.5) is 0 Å². The molecule has 0 bridgehead atoms. The van der Waals surface area contributed by atoms with E-state index < -0.39 is 12.1 Å². The average Bonchev–Trinajstić information content (AvgIpc) is 2.75. The molecule has 0 saturated heterocycles. The zero-order valence-electron chi connectivity index (χ0n) is 11.9. The molecule has 1 heterocycles. The lowest BCUT2D eigenvalue weighted by atomic mass is 10.1. The Morgan fingerprint density at radius 2 is 1.84 bits per heavy atom. The minimum Gasteiger partial charge on any atom is -0.477 e. The van der Waals surface area contributed by atoms with Gasteiger partial charge in [0.05, 0.1) is 0 Å². The van der Waals surface area contributed by atoms with E-state index in [1.807, 2.05) is 27.7 Å². The molecule has 6 heteroatoms. The zero-order chi connectivity index (χ0) is 14.6. The van der Waals surface area contributed by atoms with Crippen molar-refractivity contribution >= 4 is 17.6 Å². The largest absolute Gasteiger partial charge is 0.477 e. The van der Waals surface area contributed by atoms with E-state index in [9.17, 15) is 9.59 Å². The second-order valence-electron chi connectivity index (χ2n) is 5.67. The van der Waals surface area contributed by atoms with Crippen molar-refractivity contribution in [2.75, 3.05) is 13.1 Å². The van der Waals surface area contributed by atoms with Gasteiger partial charge in [-0.3, -0.25) is 4.79 Å². The van der Waals surface area contributed by atoms with Gasteiger partial charge in [0.1, 0.15) is 0 Å². The van der Waals surface area contributed by atoms with E-state index >= 15 is 0 Å². The van der Waals surface area contributed by atoms with Gasteiger partial charge in [0.15, 0.2) is 5.71 Å². The Morgan fingerprint density at radius 1 is 1.32 bits per heavy atom. The maximum absolute atomic E-state index is 12.3. The summed E-state index contributed by atoms with van der Waals surface area (Å²) in [4.78, 5) is 29.8. The Hall–Kier alpha value is -1.59. The molecule has 0 aromatic carbocycles. The standard InChI is InChI=1S/C13H22N2O4/c1-8(2)6-15(7-9(3)4)12(16)11-5-10(13(17)18)14-19-11/h8-9,11H,5-7H2,1-4H3,(H,17,18). The summed E-state index contributed by atoms with van der Waals surface area (Å²) in [6, 6.07) is 0. The number of hydrogen-bond acceptors (Lipinski definition) is 4. The van der Waals surface area contributed by atoms with Crippen molar-refractivity contribution in [2.45, 2.75) is 40.2 Å². The molecule has 1 aliphatic heterocycles. The zero-order valence-corrected chi connectivity index (χ0v) is 11.9. The molecule has 1 aliphatic rings. The van der Waals surface area contributed by atoms with Crippen LogP contribution in [0.5, 0.6) is 0 Å². The highest BCUT2D eigenvalue weighted by Gasteiger charge is 2.34. The highest BCUT2D eigenvalue weighted by Crippen LogP contribution is 2.15. The monoisotopic (exact) mass is 270 g/mol. The summed E-state index contributed by atoms with van der Waals surface area (Å²) < 4.78 is 0. The second kappa shape index (κ2) is 6.54. The molecule has 1 unspecified atom stereocenters. The first-order chi connectivity index (χ1) is 8.81. The van der Waals surface area contributed by atoms with Gasteiger partial charge in [-0.25, -0.2) is 4.79 Å². The molecule has 1 atom stereocenters. The van der Waals surface area contributed by atoms with Crippen LogP contribution in [0.25, 0.3) is 0 Å². The van der Waals surface area contributed by atoms with Gasteiger partial charge in [-0.1, -0.05) is 32.9 Å². The van der Waals surface area contributed by atoms with Crippen molar-refractivity contribution < 1.29 is 19.5 Å². The number of rotatable bonds is 6. The number of aliphatic carboxylic acids is 1.